The molecule has 0 saturated heterocycles. The minimum atomic E-state index is 0.681. The van der Waals surface area contributed by atoms with E-state index in [-0.39, 0.29) is 0 Å². The number of hydrogen-bond acceptors (Lipinski definition) is 2. The van der Waals surface area contributed by atoms with Crippen molar-refractivity contribution in [2.75, 3.05) is 5.73 Å². The largest absolute Gasteiger partial charge is 0.384 e. The van der Waals surface area contributed by atoms with Gasteiger partial charge in [-0.2, -0.15) is 5.10 Å². The molecule has 2 aromatic rings. The molecule has 0 unspecified atom stereocenters. The van der Waals surface area contributed by atoms with Gasteiger partial charge < -0.3 is 5.73 Å². The number of aromatic nitrogens is 2. The van der Waals surface area contributed by atoms with Crippen LogP contribution in [0.5, 0.6) is 0 Å². The van der Waals surface area contributed by atoms with E-state index in [4.69, 9.17) is 5.73 Å². The van der Waals surface area contributed by atoms with Crippen molar-refractivity contribution in [3.05, 3.63) is 46.6 Å². The first kappa shape index (κ1) is 9.27. The summed E-state index contributed by atoms with van der Waals surface area (Å²) in [7, 11) is 0. The normalized spacial score (nSPS) is 10.4. The van der Waals surface area contributed by atoms with Gasteiger partial charge in [0.1, 0.15) is 5.82 Å². The standard InChI is InChI=1S/C10H10BrN3/c11-9-4-2-1-3-8(9)7-14-10(12)5-6-13-14/h1-6H,7,12H2. The summed E-state index contributed by atoms with van der Waals surface area (Å²) in [5.41, 5.74) is 6.89. The van der Waals surface area contributed by atoms with Crippen LogP contribution in [0, 0.1) is 0 Å². The SMILES string of the molecule is Nc1ccnn1Cc1ccccc1Br. The van der Waals surface area contributed by atoms with E-state index in [2.05, 4.69) is 21.0 Å². The molecule has 0 spiro atoms. The third-order valence-electron chi connectivity index (χ3n) is 2.03. The molecule has 0 aliphatic rings. The molecule has 2 N–H and O–H groups in total. The van der Waals surface area contributed by atoms with Gasteiger partial charge >= 0.3 is 0 Å². The van der Waals surface area contributed by atoms with Crippen LogP contribution in [0.15, 0.2) is 41.0 Å². The van der Waals surface area contributed by atoms with E-state index >= 15 is 0 Å². The zero-order valence-electron chi connectivity index (χ0n) is 7.52. The molecule has 0 aliphatic carbocycles. The molecule has 0 amide bonds. The Hall–Kier alpha value is -1.29. The molecule has 0 saturated carbocycles. The van der Waals surface area contributed by atoms with E-state index in [9.17, 15) is 0 Å². The fourth-order valence-electron chi connectivity index (χ4n) is 1.26. The molecular formula is C10H10BrN3. The van der Waals surface area contributed by atoms with Crippen LogP contribution in [-0.2, 0) is 6.54 Å². The molecule has 72 valence electrons. The molecule has 1 aromatic carbocycles. The average molecular weight is 252 g/mol. The monoisotopic (exact) mass is 251 g/mol. The molecule has 0 atom stereocenters. The van der Waals surface area contributed by atoms with E-state index < -0.39 is 0 Å². The Bertz CT molecular complexity index is 436. The van der Waals surface area contributed by atoms with Gasteiger partial charge in [0.05, 0.1) is 12.7 Å². The number of nitrogens with zero attached hydrogens (tertiary/aromatic N) is 2. The summed E-state index contributed by atoms with van der Waals surface area (Å²) < 4.78 is 2.84. The topological polar surface area (TPSA) is 43.8 Å². The first-order valence-corrected chi connectivity index (χ1v) is 5.07. The summed E-state index contributed by atoms with van der Waals surface area (Å²) >= 11 is 3.48. The number of benzene rings is 1. The minimum absolute atomic E-state index is 0.681. The number of nitrogens with two attached hydrogens (primary N) is 1. The molecule has 1 heterocycles. The van der Waals surface area contributed by atoms with Crippen LogP contribution in [0.2, 0.25) is 0 Å². The van der Waals surface area contributed by atoms with Crippen molar-refractivity contribution in [3.63, 3.8) is 0 Å². The summed E-state index contributed by atoms with van der Waals surface area (Å²) in [4.78, 5) is 0. The predicted octanol–water partition coefficient (Wildman–Crippen LogP) is 2.28. The lowest BCUT2D eigenvalue weighted by molar-refractivity contribution is 0.695. The Kier molecular flexibility index (Phi) is 2.54. The third-order valence-corrected chi connectivity index (χ3v) is 2.80. The van der Waals surface area contributed by atoms with Gasteiger partial charge in [-0.3, -0.25) is 0 Å². The summed E-state index contributed by atoms with van der Waals surface area (Å²) in [6.07, 6.45) is 1.70. The first-order valence-electron chi connectivity index (χ1n) is 4.28. The van der Waals surface area contributed by atoms with E-state index in [0.29, 0.717) is 12.4 Å². The van der Waals surface area contributed by atoms with Gasteiger partial charge in [0.15, 0.2) is 0 Å². The Morgan fingerprint density at radius 1 is 1.29 bits per heavy atom. The number of anilines is 1. The molecule has 4 heteroatoms. The van der Waals surface area contributed by atoms with E-state index in [1.807, 2.05) is 24.3 Å². The number of hydrogen-bond donors (Lipinski definition) is 1. The Balaban J connectivity index is 2.28. The molecule has 0 aliphatic heterocycles. The highest BCUT2D eigenvalue weighted by atomic mass is 79.9. The molecular weight excluding hydrogens is 242 g/mol. The van der Waals surface area contributed by atoms with Crippen LogP contribution < -0.4 is 5.73 Å². The van der Waals surface area contributed by atoms with Crippen LogP contribution in [0.1, 0.15) is 5.56 Å². The highest BCUT2D eigenvalue weighted by Crippen LogP contribution is 2.17. The summed E-state index contributed by atoms with van der Waals surface area (Å²) in [6, 6.07) is 9.83. The lowest BCUT2D eigenvalue weighted by Crippen LogP contribution is -2.05. The molecule has 3 nitrogen and oxygen atoms in total. The van der Waals surface area contributed by atoms with Crippen LogP contribution in [0.25, 0.3) is 0 Å². The maximum atomic E-state index is 5.72. The number of nitrogen functional groups attached to an aromatic ring is 1. The molecule has 1 aromatic heterocycles. The highest BCUT2D eigenvalue weighted by Gasteiger charge is 2.02. The van der Waals surface area contributed by atoms with Gasteiger partial charge in [-0.1, -0.05) is 34.1 Å². The van der Waals surface area contributed by atoms with Crippen molar-refractivity contribution in [2.45, 2.75) is 6.54 Å². The zero-order valence-corrected chi connectivity index (χ0v) is 9.11. The predicted molar refractivity (Wildman–Crippen MR) is 59.9 cm³/mol. The first-order chi connectivity index (χ1) is 6.77. The summed E-state index contributed by atoms with van der Waals surface area (Å²) in [6.45, 7) is 0.695. The maximum absolute atomic E-state index is 5.72. The average Bonchev–Trinajstić information content (AvgIpc) is 2.56. The number of rotatable bonds is 2. The van der Waals surface area contributed by atoms with Crippen molar-refractivity contribution >= 4 is 21.7 Å². The second kappa shape index (κ2) is 3.84. The lowest BCUT2D eigenvalue weighted by Gasteiger charge is -2.05. The molecule has 0 radical (unpaired) electrons. The second-order valence-corrected chi connectivity index (χ2v) is 3.86. The maximum Gasteiger partial charge on any atom is 0.122 e. The van der Waals surface area contributed by atoms with Gasteiger partial charge in [0.2, 0.25) is 0 Å². The zero-order chi connectivity index (χ0) is 9.97. The van der Waals surface area contributed by atoms with Crippen molar-refractivity contribution < 1.29 is 0 Å². The van der Waals surface area contributed by atoms with Crippen molar-refractivity contribution in [1.82, 2.24) is 9.78 Å². The van der Waals surface area contributed by atoms with Gasteiger partial charge in [-0.15, -0.1) is 0 Å². The van der Waals surface area contributed by atoms with E-state index in [0.717, 1.165) is 4.47 Å². The minimum Gasteiger partial charge on any atom is -0.384 e. The van der Waals surface area contributed by atoms with Crippen molar-refractivity contribution in [3.8, 4) is 0 Å². The van der Waals surface area contributed by atoms with Crippen LogP contribution in [0.3, 0.4) is 0 Å². The molecule has 2 rings (SSSR count). The van der Waals surface area contributed by atoms with Crippen molar-refractivity contribution in [1.29, 1.82) is 0 Å². The molecule has 14 heavy (non-hydrogen) atoms. The fourth-order valence-corrected chi connectivity index (χ4v) is 1.67. The lowest BCUT2D eigenvalue weighted by atomic mass is 10.2. The Morgan fingerprint density at radius 3 is 2.71 bits per heavy atom. The van der Waals surface area contributed by atoms with Gasteiger partial charge in [0, 0.05) is 4.47 Å². The summed E-state index contributed by atoms with van der Waals surface area (Å²) in [5, 5.41) is 4.12. The molecule has 0 fully saturated rings. The van der Waals surface area contributed by atoms with Crippen molar-refractivity contribution in [2.24, 2.45) is 0 Å². The second-order valence-electron chi connectivity index (χ2n) is 3.01. The number of halogens is 1. The molecule has 0 bridgehead atoms. The van der Waals surface area contributed by atoms with Gasteiger partial charge in [-0.05, 0) is 17.7 Å². The van der Waals surface area contributed by atoms with Crippen LogP contribution >= 0.6 is 15.9 Å². The van der Waals surface area contributed by atoms with Crippen LogP contribution in [0.4, 0.5) is 5.82 Å². The Morgan fingerprint density at radius 2 is 2.07 bits per heavy atom. The van der Waals surface area contributed by atoms with E-state index in [1.54, 1.807) is 16.9 Å². The highest BCUT2D eigenvalue weighted by molar-refractivity contribution is 9.10. The Labute approximate surface area is 90.7 Å². The quantitative estimate of drug-likeness (QED) is 0.890. The fraction of sp³-hybridized carbons (Fsp3) is 0.100. The third kappa shape index (κ3) is 1.80. The smallest absolute Gasteiger partial charge is 0.122 e. The van der Waals surface area contributed by atoms with Gasteiger partial charge in [-0.25, -0.2) is 4.68 Å². The van der Waals surface area contributed by atoms with E-state index in [1.165, 1.54) is 5.56 Å². The van der Waals surface area contributed by atoms with Gasteiger partial charge in [0.25, 0.3) is 0 Å². The summed E-state index contributed by atoms with van der Waals surface area (Å²) in [5.74, 6) is 0.681. The van der Waals surface area contributed by atoms with Crippen LogP contribution in [-0.4, -0.2) is 9.78 Å².